The number of hydrogen-bond acceptors (Lipinski definition) is 3. The molecule has 144 valence electrons. The Morgan fingerprint density at radius 1 is 1.07 bits per heavy atom. The monoisotopic (exact) mass is 407 g/mol. The molecule has 0 saturated heterocycles. The molecular weight excluding hydrogens is 395 g/mol. The molecule has 0 saturated carbocycles. The van der Waals surface area contributed by atoms with Crippen LogP contribution < -0.4 is 5.43 Å². The molecule has 8 heteroatoms. The van der Waals surface area contributed by atoms with Crippen LogP contribution in [0.2, 0.25) is 5.02 Å². The van der Waals surface area contributed by atoms with E-state index in [9.17, 15) is 23.1 Å². The van der Waals surface area contributed by atoms with Crippen molar-refractivity contribution in [2.75, 3.05) is 0 Å². The second-order valence-electron chi connectivity index (χ2n) is 6.49. The van der Waals surface area contributed by atoms with Gasteiger partial charge in [0, 0.05) is 33.2 Å². The fourth-order valence-electron chi connectivity index (χ4n) is 3.45. The molecule has 28 heavy (non-hydrogen) atoms. The van der Waals surface area contributed by atoms with Crippen LogP contribution in [0, 0.1) is 6.92 Å². The highest BCUT2D eigenvalue weighted by Gasteiger charge is 2.60. The van der Waals surface area contributed by atoms with E-state index >= 15 is 0 Å². The Morgan fingerprint density at radius 3 is 2.50 bits per heavy atom. The number of aromatic nitrogens is 1. The number of benzene rings is 2. The maximum atomic E-state index is 14.2. The van der Waals surface area contributed by atoms with E-state index in [2.05, 4.69) is 4.98 Å². The number of aromatic amines is 1. The van der Waals surface area contributed by atoms with Crippen molar-refractivity contribution in [1.82, 2.24) is 4.98 Å². The van der Waals surface area contributed by atoms with E-state index in [0.717, 1.165) is 0 Å². The molecule has 0 radical (unpaired) electrons. The third-order valence-electron chi connectivity index (χ3n) is 4.71. The van der Waals surface area contributed by atoms with E-state index in [1.54, 1.807) is 18.2 Å². The van der Waals surface area contributed by atoms with Crippen molar-refractivity contribution < 1.29 is 22.7 Å². The van der Waals surface area contributed by atoms with Crippen LogP contribution >= 0.6 is 11.6 Å². The molecule has 0 amide bonds. The fraction of sp³-hybridized carbons (Fsp3) is 0.150. The molecule has 2 aromatic carbocycles. The molecule has 0 fully saturated rings. The summed E-state index contributed by atoms with van der Waals surface area (Å²) in [6.45, 7) is 1.42. The normalized spacial score (nSPS) is 14.5. The molecule has 1 atom stereocenters. The first-order valence-corrected chi connectivity index (χ1v) is 8.61. The summed E-state index contributed by atoms with van der Waals surface area (Å²) in [5, 5.41) is 11.4. The zero-order chi connectivity index (χ0) is 20.3. The number of H-pyrrole nitrogens is 1. The lowest BCUT2D eigenvalue weighted by Gasteiger charge is -2.30. The highest BCUT2D eigenvalue weighted by Crippen LogP contribution is 2.48. The van der Waals surface area contributed by atoms with Gasteiger partial charge >= 0.3 is 6.18 Å². The minimum atomic E-state index is -5.15. The third kappa shape index (κ3) is 2.62. The number of nitrogens with one attached hydrogen (secondary N) is 1. The number of para-hydroxylation sites is 1. The Labute approximate surface area is 161 Å². The van der Waals surface area contributed by atoms with E-state index in [1.165, 1.54) is 31.2 Å². The molecule has 0 bridgehead atoms. The quantitative estimate of drug-likeness (QED) is 0.489. The minimum Gasteiger partial charge on any atom is -0.457 e. The van der Waals surface area contributed by atoms with Crippen LogP contribution in [-0.4, -0.2) is 16.3 Å². The molecule has 2 aromatic heterocycles. The van der Waals surface area contributed by atoms with Crippen LogP contribution in [0.25, 0.3) is 21.9 Å². The van der Waals surface area contributed by atoms with Gasteiger partial charge in [-0.05, 0) is 31.2 Å². The summed E-state index contributed by atoms with van der Waals surface area (Å²) >= 11 is 5.85. The summed E-state index contributed by atoms with van der Waals surface area (Å²) in [7, 11) is 0. The number of aryl methyl sites for hydroxylation is 1. The van der Waals surface area contributed by atoms with E-state index in [4.69, 9.17) is 16.0 Å². The first kappa shape index (κ1) is 18.6. The van der Waals surface area contributed by atoms with Crippen molar-refractivity contribution in [3.05, 3.63) is 80.8 Å². The maximum Gasteiger partial charge on any atom is 0.429 e. The number of aliphatic hydroxyl groups is 1. The second-order valence-corrected chi connectivity index (χ2v) is 6.93. The summed E-state index contributed by atoms with van der Waals surface area (Å²) in [5.41, 5.74) is -4.24. The number of halogens is 4. The lowest BCUT2D eigenvalue weighted by molar-refractivity contribution is -0.253. The van der Waals surface area contributed by atoms with Gasteiger partial charge in [0.15, 0.2) is 11.2 Å². The molecule has 0 spiro atoms. The number of hydrogen-bond donors (Lipinski definition) is 2. The summed E-state index contributed by atoms with van der Waals surface area (Å²) in [6, 6.07) is 10.9. The van der Waals surface area contributed by atoms with Gasteiger partial charge in [0.05, 0.1) is 5.39 Å². The molecule has 0 aliphatic carbocycles. The summed E-state index contributed by atoms with van der Waals surface area (Å²) in [6.07, 6.45) is -5.15. The molecule has 4 nitrogen and oxygen atoms in total. The maximum absolute atomic E-state index is 14.2. The molecule has 2 heterocycles. The lowest BCUT2D eigenvalue weighted by Crippen LogP contribution is -2.44. The SMILES string of the molecule is Cc1[nH]c2ccccc2c1C(O)(c1cc(=O)c2cc(Cl)ccc2o1)C(F)(F)F. The minimum absolute atomic E-state index is 0.0245. The van der Waals surface area contributed by atoms with Crippen LogP contribution in [0.15, 0.2) is 57.7 Å². The van der Waals surface area contributed by atoms with E-state index in [0.29, 0.717) is 11.6 Å². The lowest BCUT2D eigenvalue weighted by atomic mass is 9.87. The molecule has 1 unspecified atom stereocenters. The van der Waals surface area contributed by atoms with Gasteiger partial charge in [-0.25, -0.2) is 0 Å². The highest BCUT2D eigenvalue weighted by atomic mass is 35.5. The van der Waals surface area contributed by atoms with Gasteiger partial charge in [-0.1, -0.05) is 29.8 Å². The van der Waals surface area contributed by atoms with Crippen LogP contribution in [-0.2, 0) is 5.60 Å². The summed E-state index contributed by atoms with van der Waals surface area (Å²) < 4.78 is 48.0. The van der Waals surface area contributed by atoms with Crippen molar-refractivity contribution in [3.63, 3.8) is 0 Å². The van der Waals surface area contributed by atoms with Crippen molar-refractivity contribution >= 4 is 33.5 Å². The largest absolute Gasteiger partial charge is 0.457 e. The fourth-order valence-corrected chi connectivity index (χ4v) is 3.63. The molecule has 0 aliphatic heterocycles. The zero-order valence-electron chi connectivity index (χ0n) is 14.4. The Balaban J connectivity index is 2.10. The van der Waals surface area contributed by atoms with Crippen LogP contribution in [0.4, 0.5) is 13.2 Å². The van der Waals surface area contributed by atoms with E-state index in [-0.39, 0.29) is 27.1 Å². The molecule has 4 rings (SSSR count). The summed E-state index contributed by atoms with van der Waals surface area (Å²) in [5.74, 6) is -0.910. The van der Waals surface area contributed by atoms with Gasteiger partial charge in [-0.15, -0.1) is 0 Å². The Bertz CT molecular complexity index is 1280. The number of alkyl halides is 3. The predicted octanol–water partition coefficient (Wildman–Crippen LogP) is 5.03. The van der Waals surface area contributed by atoms with Crippen LogP contribution in [0.5, 0.6) is 0 Å². The Morgan fingerprint density at radius 2 is 1.79 bits per heavy atom. The van der Waals surface area contributed by atoms with E-state index in [1.807, 2.05) is 0 Å². The zero-order valence-corrected chi connectivity index (χ0v) is 15.2. The third-order valence-corrected chi connectivity index (χ3v) is 4.95. The molecule has 2 N–H and O–H groups in total. The first-order valence-electron chi connectivity index (χ1n) is 8.23. The smallest absolute Gasteiger partial charge is 0.429 e. The van der Waals surface area contributed by atoms with Crippen molar-refractivity contribution in [2.24, 2.45) is 0 Å². The Hall–Kier alpha value is -2.77. The van der Waals surface area contributed by atoms with Crippen LogP contribution in [0.1, 0.15) is 17.0 Å². The van der Waals surface area contributed by atoms with Gasteiger partial charge < -0.3 is 14.5 Å². The van der Waals surface area contributed by atoms with Crippen LogP contribution in [0.3, 0.4) is 0 Å². The second kappa shape index (κ2) is 6.12. The van der Waals surface area contributed by atoms with Gasteiger partial charge in [0.25, 0.3) is 0 Å². The molecule has 4 aromatic rings. The van der Waals surface area contributed by atoms with Gasteiger partial charge in [0.1, 0.15) is 5.58 Å². The van der Waals surface area contributed by atoms with Gasteiger partial charge in [0.2, 0.25) is 5.60 Å². The topological polar surface area (TPSA) is 66.2 Å². The van der Waals surface area contributed by atoms with Gasteiger partial charge in [-0.3, -0.25) is 4.79 Å². The van der Waals surface area contributed by atoms with Crippen molar-refractivity contribution in [2.45, 2.75) is 18.7 Å². The first-order chi connectivity index (χ1) is 13.1. The van der Waals surface area contributed by atoms with Crippen molar-refractivity contribution in [3.8, 4) is 0 Å². The van der Waals surface area contributed by atoms with E-state index < -0.39 is 28.5 Å². The van der Waals surface area contributed by atoms with Crippen molar-refractivity contribution in [1.29, 1.82) is 0 Å². The predicted molar refractivity (Wildman–Crippen MR) is 99.6 cm³/mol. The number of fused-ring (bicyclic) bond motifs is 2. The summed E-state index contributed by atoms with van der Waals surface area (Å²) in [4.78, 5) is 15.3. The highest BCUT2D eigenvalue weighted by molar-refractivity contribution is 6.31. The average molecular weight is 408 g/mol. The standard InChI is InChI=1S/C20H13ClF3NO3/c1-10-18(12-4-2-3-5-14(12)25-10)19(27,20(22,23)24)17-9-15(26)13-8-11(21)6-7-16(13)28-17/h2-9,25,27H,1H3. The molecule has 0 aliphatic rings. The van der Waals surface area contributed by atoms with Gasteiger partial charge in [-0.2, -0.15) is 13.2 Å². The average Bonchev–Trinajstić information content (AvgIpc) is 2.96. The Kier molecular flexibility index (Phi) is 4.06. The molecular formula is C20H13ClF3NO3. The number of rotatable bonds is 2.